The average Bonchev–Trinajstić information content (AvgIpc) is 2.46. The van der Waals surface area contributed by atoms with Crippen molar-refractivity contribution in [1.82, 2.24) is 9.88 Å². The second-order valence-corrected chi connectivity index (χ2v) is 4.50. The molecule has 0 aromatic carbocycles. The van der Waals surface area contributed by atoms with Crippen LogP contribution in [0.15, 0.2) is 6.07 Å². The van der Waals surface area contributed by atoms with Gasteiger partial charge in [-0.05, 0) is 20.3 Å². The standard InChI is InChI=1S/C14H22F2N4O/c1-4-7-17-13-10(15)8-11(16)14(19-13)18-9-12(21)20(5-2)6-3/h8H,4-7,9H2,1-3H3,(H2,17,18,19). The van der Waals surface area contributed by atoms with Crippen molar-refractivity contribution >= 4 is 17.5 Å². The third-order valence-electron chi connectivity index (χ3n) is 3.00. The number of carbonyl (C=O) groups excluding carboxylic acids is 1. The fourth-order valence-electron chi connectivity index (χ4n) is 1.81. The van der Waals surface area contributed by atoms with E-state index in [2.05, 4.69) is 15.6 Å². The first-order valence-electron chi connectivity index (χ1n) is 7.14. The molecule has 5 nitrogen and oxygen atoms in total. The van der Waals surface area contributed by atoms with Crippen molar-refractivity contribution in [3.05, 3.63) is 17.7 Å². The SMILES string of the molecule is CCCNc1nc(NCC(=O)N(CC)CC)c(F)cc1F. The van der Waals surface area contributed by atoms with E-state index >= 15 is 0 Å². The number of carbonyl (C=O) groups is 1. The van der Waals surface area contributed by atoms with Gasteiger partial charge in [0.2, 0.25) is 5.91 Å². The zero-order valence-electron chi connectivity index (χ0n) is 12.7. The fourth-order valence-corrected chi connectivity index (χ4v) is 1.81. The Hall–Kier alpha value is -1.92. The highest BCUT2D eigenvalue weighted by molar-refractivity contribution is 5.80. The number of likely N-dealkylation sites (N-methyl/N-ethyl adjacent to an activating group) is 1. The van der Waals surface area contributed by atoms with Crippen molar-refractivity contribution in [3.8, 4) is 0 Å². The molecule has 2 N–H and O–H groups in total. The normalized spacial score (nSPS) is 10.3. The number of aromatic nitrogens is 1. The number of anilines is 2. The van der Waals surface area contributed by atoms with Crippen LogP contribution in [0.25, 0.3) is 0 Å². The predicted octanol–water partition coefficient (Wildman–Crippen LogP) is 2.46. The third kappa shape index (κ3) is 4.84. The minimum Gasteiger partial charge on any atom is -0.368 e. The summed E-state index contributed by atoms with van der Waals surface area (Å²) < 4.78 is 27.2. The lowest BCUT2D eigenvalue weighted by molar-refractivity contribution is -0.128. The molecule has 21 heavy (non-hydrogen) atoms. The maximum Gasteiger partial charge on any atom is 0.241 e. The van der Waals surface area contributed by atoms with Crippen LogP contribution in [0.4, 0.5) is 20.4 Å². The molecule has 0 bridgehead atoms. The fraction of sp³-hybridized carbons (Fsp3) is 0.571. The highest BCUT2D eigenvalue weighted by Gasteiger charge is 2.14. The first-order valence-corrected chi connectivity index (χ1v) is 7.14. The predicted molar refractivity (Wildman–Crippen MR) is 79.4 cm³/mol. The van der Waals surface area contributed by atoms with Gasteiger partial charge >= 0.3 is 0 Å². The van der Waals surface area contributed by atoms with Gasteiger partial charge < -0.3 is 15.5 Å². The van der Waals surface area contributed by atoms with Crippen LogP contribution in [0.5, 0.6) is 0 Å². The van der Waals surface area contributed by atoms with Gasteiger partial charge in [0.15, 0.2) is 23.3 Å². The van der Waals surface area contributed by atoms with E-state index in [1.165, 1.54) is 0 Å². The first kappa shape index (κ1) is 17.1. The van der Waals surface area contributed by atoms with Crippen molar-refractivity contribution in [2.75, 3.05) is 36.8 Å². The van der Waals surface area contributed by atoms with Gasteiger partial charge in [-0.3, -0.25) is 4.79 Å². The summed E-state index contributed by atoms with van der Waals surface area (Å²) in [5.41, 5.74) is 0. The van der Waals surface area contributed by atoms with Crippen LogP contribution in [0.1, 0.15) is 27.2 Å². The Morgan fingerprint density at radius 3 is 2.24 bits per heavy atom. The van der Waals surface area contributed by atoms with Crippen molar-refractivity contribution in [2.45, 2.75) is 27.2 Å². The second-order valence-electron chi connectivity index (χ2n) is 4.50. The molecular formula is C14H22F2N4O. The quantitative estimate of drug-likeness (QED) is 0.774. The molecule has 1 rings (SSSR count). The topological polar surface area (TPSA) is 57.3 Å². The van der Waals surface area contributed by atoms with Crippen LogP contribution in [0, 0.1) is 11.6 Å². The van der Waals surface area contributed by atoms with E-state index in [1.54, 1.807) is 4.90 Å². The number of nitrogens with zero attached hydrogens (tertiary/aromatic N) is 2. The Bertz CT molecular complexity index is 478. The number of amides is 1. The van der Waals surface area contributed by atoms with E-state index in [-0.39, 0.29) is 24.1 Å². The molecule has 0 saturated carbocycles. The molecule has 0 saturated heterocycles. The molecule has 0 fully saturated rings. The smallest absolute Gasteiger partial charge is 0.241 e. The van der Waals surface area contributed by atoms with E-state index in [4.69, 9.17) is 0 Å². The first-order chi connectivity index (χ1) is 10.0. The Balaban J connectivity index is 2.76. The zero-order chi connectivity index (χ0) is 15.8. The van der Waals surface area contributed by atoms with Gasteiger partial charge in [0.1, 0.15) is 0 Å². The Morgan fingerprint density at radius 2 is 1.71 bits per heavy atom. The molecule has 1 amide bonds. The molecule has 0 spiro atoms. The van der Waals surface area contributed by atoms with E-state index in [0.717, 1.165) is 12.5 Å². The van der Waals surface area contributed by atoms with Gasteiger partial charge in [0.25, 0.3) is 0 Å². The Labute approximate surface area is 123 Å². The van der Waals surface area contributed by atoms with Crippen molar-refractivity contribution in [3.63, 3.8) is 0 Å². The average molecular weight is 300 g/mol. The summed E-state index contributed by atoms with van der Waals surface area (Å²) >= 11 is 0. The summed E-state index contributed by atoms with van der Waals surface area (Å²) in [6.45, 7) is 7.28. The molecule has 1 aromatic rings. The highest BCUT2D eigenvalue weighted by atomic mass is 19.1. The van der Waals surface area contributed by atoms with Gasteiger partial charge in [-0.2, -0.15) is 0 Å². The maximum atomic E-state index is 13.7. The molecule has 1 heterocycles. The van der Waals surface area contributed by atoms with Gasteiger partial charge in [-0.15, -0.1) is 0 Å². The van der Waals surface area contributed by atoms with Gasteiger partial charge in [-0.1, -0.05) is 6.92 Å². The highest BCUT2D eigenvalue weighted by Crippen LogP contribution is 2.18. The lowest BCUT2D eigenvalue weighted by atomic mass is 10.3. The van der Waals surface area contributed by atoms with E-state index in [1.807, 2.05) is 20.8 Å². The lowest BCUT2D eigenvalue weighted by Gasteiger charge is -2.19. The van der Waals surface area contributed by atoms with Crippen LogP contribution >= 0.6 is 0 Å². The molecular weight excluding hydrogens is 278 g/mol. The number of halogens is 2. The van der Waals surface area contributed by atoms with Gasteiger partial charge in [-0.25, -0.2) is 13.8 Å². The van der Waals surface area contributed by atoms with E-state index in [0.29, 0.717) is 19.6 Å². The summed E-state index contributed by atoms with van der Waals surface area (Å²) in [6.07, 6.45) is 0.793. The van der Waals surface area contributed by atoms with E-state index in [9.17, 15) is 13.6 Å². The Kier molecular flexibility index (Phi) is 6.84. The number of hydrogen-bond donors (Lipinski definition) is 2. The van der Waals surface area contributed by atoms with Gasteiger partial charge in [0, 0.05) is 25.7 Å². The number of hydrogen-bond acceptors (Lipinski definition) is 4. The molecule has 1 aromatic heterocycles. The molecule has 0 unspecified atom stereocenters. The summed E-state index contributed by atoms with van der Waals surface area (Å²) in [5.74, 6) is -1.87. The summed E-state index contributed by atoms with van der Waals surface area (Å²) in [7, 11) is 0. The minimum absolute atomic E-state index is 0.0176. The summed E-state index contributed by atoms with van der Waals surface area (Å²) in [5, 5.41) is 5.40. The lowest BCUT2D eigenvalue weighted by Crippen LogP contribution is -2.35. The largest absolute Gasteiger partial charge is 0.368 e. The third-order valence-corrected chi connectivity index (χ3v) is 3.00. The van der Waals surface area contributed by atoms with Crippen molar-refractivity contribution < 1.29 is 13.6 Å². The van der Waals surface area contributed by atoms with Crippen LogP contribution in [0.2, 0.25) is 0 Å². The number of rotatable bonds is 8. The molecule has 0 aliphatic carbocycles. The van der Waals surface area contributed by atoms with Crippen LogP contribution in [-0.4, -0.2) is 42.0 Å². The molecule has 0 aliphatic rings. The minimum atomic E-state index is -0.818. The van der Waals surface area contributed by atoms with Gasteiger partial charge in [0.05, 0.1) is 6.54 Å². The van der Waals surface area contributed by atoms with Crippen LogP contribution < -0.4 is 10.6 Å². The zero-order valence-corrected chi connectivity index (χ0v) is 12.7. The van der Waals surface area contributed by atoms with Crippen LogP contribution in [-0.2, 0) is 4.79 Å². The van der Waals surface area contributed by atoms with Crippen LogP contribution in [0.3, 0.4) is 0 Å². The monoisotopic (exact) mass is 300 g/mol. The molecule has 7 heteroatoms. The number of nitrogens with one attached hydrogen (secondary N) is 2. The number of pyridine rings is 1. The van der Waals surface area contributed by atoms with Crippen molar-refractivity contribution in [2.24, 2.45) is 0 Å². The second kappa shape index (κ2) is 8.39. The molecule has 0 radical (unpaired) electrons. The summed E-state index contributed by atoms with van der Waals surface area (Å²) in [6, 6.07) is 0.759. The Morgan fingerprint density at radius 1 is 1.14 bits per heavy atom. The van der Waals surface area contributed by atoms with Crippen molar-refractivity contribution in [1.29, 1.82) is 0 Å². The van der Waals surface area contributed by atoms with E-state index < -0.39 is 11.6 Å². The summed E-state index contributed by atoms with van der Waals surface area (Å²) in [4.78, 5) is 17.3. The molecule has 118 valence electrons. The maximum absolute atomic E-state index is 13.7. The molecule has 0 atom stereocenters. The molecule has 0 aliphatic heterocycles.